The van der Waals surface area contributed by atoms with E-state index >= 15 is 0 Å². The van der Waals surface area contributed by atoms with Gasteiger partial charge in [-0.3, -0.25) is 0 Å². The molecule has 80 valence electrons. The van der Waals surface area contributed by atoms with Crippen molar-refractivity contribution in [2.75, 3.05) is 0 Å². The minimum Gasteiger partial charge on any atom is -0.386 e. The second-order valence-electron chi connectivity index (χ2n) is 3.87. The molecule has 0 aromatic heterocycles. The number of allylic oxidation sites excluding steroid dienone is 2. The average Bonchev–Trinajstić information content (AvgIpc) is 2.19. The molecule has 0 spiro atoms. The fourth-order valence-electron chi connectivity index (χ4n) is 1.70. The third-order valence-corrected chi connectivity index (χ3v) is 2.64. The smallest absolute Gasteiger partial charge is 0.105 e. The van der Waals surface area contributed by atoms with Crippen molar-refractivity contribution in [1.29, 1.82) is 0 Å². The first-order valence-electron chi connectivity index (χ1n) is 5.49. The van der Waals surface area contributed by atoms with Gasteiger partial charge < -0.3 is 10.2 Å². The molecule has 1 aliphatic rings. The van der Waals surface area contributed by atoms with E-state index in [-0.39, 0.29) is 0 Å². The quantitative estimate of drug-likeness (QED) is 0.662. The van der Waals surface area contributed by atoms with Gasteiger partial charge in [-0.2, -0.15) is 0 Å². The number of hydrogen-bond acceptors (Lipinski definition) is 2. The van der Waals surface area contributed by atoms with Crippen molar-refractivity contribution < 1.29 is 10.2 Å². The van der Waals surface area contributed by atoms with E-state index in [0.717, 1.165) is 18.4 Å². The summed E-state index contributed by atoms with van der Waals surface area (Å²) in [6, 6.07) is 0. The Morgan fingerprint density at radius 1 is 1.21 bits per heavy atom. The van der Waals surface area contributed by atoms with Crippen LogP contribution < -0.4 is 0 Å². The van der Waals surface area contributed by atoms with E-state index in [1.165, 1.54) is 19.3 Å². The predicted molar refractivity (Wildman–Crippen MR) is 58.0 cm³/mol. The lowest BCUT2D eigenvalue weighted by atomic mass is 9.94. The zero-order chi connectivity index (χ0) is 10.4. The molecular formula is C12H20O2. The van der Waals surface area contributed by atoms with Crippen molar-refractivity contribution in [3.63, 3.8) is 0 Å². The summed E-state index contributed by atoms with van der Waals surface area (Å²) in [6.07, 6.45) is 9.69. The number of aliphatic hydroxyl groups excluding tert-OH is 2. The van der Waals surface area contributed by atoms with Gasteiger partial charge in [-0.25, -0.2) is 0 Å². The van der Waals surface area contributed by atoms with Gasteiger partial charge in [0.2, 0.25) is 0 Å². The summed E-state index contributed by atoms with van der Waals surface area (Å²) in [6.45, 7) is 2.18. The molecule has 14 heavy (non-hydrogen) atoms. The lowest BCUT2D eigenvalue weighted by molar-refractivity contribution is 0.0690. The van der Waals surface area contributed by atoms with Gasteiger partial charge in [0, 0.05) is 0 Å². The van der Waals surface area contributed by atoms with Crippen molar-refractivity contribution in [3.05, 3.63) is 23.8 Å². The summed E-state index contributed by atoms with van der Waals surface area (Å²) < 4.78 is 0. The third-order valence-electron chi connectivity index (χ3n) is 2.64. The molecule has 1 rings (SSSR count). The molecule has 1 aliphatic carbocycles. The second-order valence-corrected chi connectivity index (χ2v) is 3.87. The van der Waals surface area contributed by atoms with Crippen LogP contribution in [0.1, 0.15) is 39.0 Å². The zero-order valence-electron chi connectivity index (χ0n) is 8.82. The molecule has 0 saturated carbocycles. The maximum absolute atomic E-state index is 9.62. The van der Waals surface area contributed by atoms with E-state index in [4.69, 9.17) is 0 Å². The molecule has 0 amide bonds. The fourth-order valence-corrected chi connectivity index (χ4v) is 1.70. The lowest BCUT2D eigenvalue weighted by Gasteiger charge is -2.21. The largest absolute Gasteiger partial charge is 0.386 e. The molecule has 0 aromatic carbocycles. The zero-order valence-corrected chi connectivity index (χ0v) is 8.82. The van der Waals surface area contributed by atoms with E-state index in [1.54, 1.807) is 6.08 Å². The standard InChI is InChI=1S/C12H20O2/c1-2-3-4-5-7-10-8-6-9-11(13)12(10)14/h6,8-9,11-14H,2-5,7H2,1H3/t11-,12+/m1/s1. The van der Waals surface area contributed by atoms with Crippen molar-refractivity contribution >= 4 is 0 Å². The summed E-state index contributed by atoms with van der Waals surface area (Å²) in [5.74, 6) is 0. The van der Waals surface area contributed by atoms with Crippen LogP contribution in [-0.2, 0) is 0 Å². The van der Waals surface area contributed by atoms with Gasteiger partial charge in [0.25, 0.3) is 0 Å². The second kappa shape index (κ2) is 5.99. The molecule has 2 atom stereocenters. The summed E-state index contributed by atoms with van der Waals surface area (Å²) in [5.41, 5.74) is 0.969. The molecule has 2 nitrogen and oxygen atoms in total. The number of unbranched alkanes of at least 4 members (excludes halogenated alkanes) is 3. The molecule has 0 bridgehead atoms. The van der Waals surface area contributed by atoms with Gasteiger partial charge in [0.15, 0.2) is 0 Å². The summed E-state index contributed by atoms with van der Waals surface area (Å²) in [5, 5.41) is 19.0. The van der Waals surface area contributed by atoms with Crippen LogP contribution in [0, 0.1) is 0 Å². The van der Waals surface area contributed by atoms with Crippen LogP contribution in [0.4, 0.5) is 0 Å². The van der Waals surface area contributed by atoms with Crippen molar-refractivity contribution in [2.24, 2.45) is 0 Å². The molecule has 0 fully saturated rings. The maximum atomic E-state index is 9.62. The minimum atomic E-state index is -0.707. The summed E-state index contributed by atoms with van der Waals surface area (Å²) >= 11 is 0. The van der Waals surface area contributed by atoms with Gasteiger partial charge in [0.05, 0.1) is 0 Å². The van der Waals surface area contributed by atoms with Gasteiger partial charge in [-0.05, 0) is 18.4 Å². The highest BCUT2D eigenvalue weighted by Gasteiger charge is 2.19. The molecule has 2 N–H and O–H groups in total. The Morgan fingerprint density at radius 3 is 2.71 bits per heavy atom. The van der Waals surface area contributed by atoms with E-state index in [0.29, 0.717) is 0 Å². The van der Waals surface area contributed by atoms with Crippen LogP contribution >= 0.6 is 0 Å². The van der Waals surface area contributed by atoms with Crippen LogP contribution in [0.2, 0.25) is 0 Å². The van der Waals surface area contributed by atoms with Gasteiger partial charge >= 0.3 is 0 Å². The monoisotopic (exact) mass is 196 g/mol. The molecule has 2 heteroatoms. The SMILES string of the molecule is CCCCCCC1=CC=C[C@@H](O)[C@H]1O. The Morgan fingerprint density at radius 2 is 2.00 bits per heavy atom. The average molecular weight is 196 g/mol. The predicted octanol–water partition coefficient (Wildman–Crippen LogP) is 2.17. The number of aliphatic hydroxyl groups is 2. The van der Waals surface area contributed by atoms with Crippen LogP contribution in [-0.4, -0.2) is 22.4 Å². The highest BCUT2D eigenvalue weighted by atomic mass is 16.3. The van der Waals surface area contributed by atoms with Crippen LogP contribution in [0.3, 0.4) is 0 Å². The first kappa shape index (κ1) is 11.5. The molecule has 0 radical (unpaired) electrons. The van der Waals surface area contributed by atoms with E-state index in [1.807, 2.05) is 12.2 Å². The maximum Gasteiger partial charge on any atom is 0.105 e. The van der Waals surface area contributed by atoms with Gasteiger partial charge in [0.1, 0.15) is 12.2 Å². The topological polar surface area (TPSA) is 40.5 Å². The van der Waals surface area contributed by atoms with Crippen LogP contribution in [0.5, 0.6) is 0 Å². The highest BCUT2D eigenvalue weighted by Crippen LogP contribution is 2.19. The van der Waals surface area contributed by atoms with Crippen molar-refractivity contribution in [2.45, 2.75) is 51.2 Å². The minimum absolute atomic E-state index is 0.679. The molecule has 0 saturated heterocycles. The Hall–Kier alpha value is -0.600. The summed E-state index contributed by atoms with van der Waals surface area (Å²) in [7, 11) is 0. The molecule has 0 aliphatic heterocycles. The first-order chi connectivity index (χ1) is 6.75. The van der Waals surface area contributed by atoms with E-state index in [2.05, 4.69) is 6.92 Å². The summed E-state index contributed by atoms with van der Waals surface area (Å²) in [4.78, 5) is 0. The van der Waals surface area contributed by atoms with Gasteiger partial charge in [-0.15, -0.1) is 0 Å². The Labute approximate surface area is 86.0 Å². The van der Waals surface area contributed by atoms with Crippen molar-refractivity contribution in [3.8, 4) is 0 Å². The lowest BCUT2D eigenvalue weighted by Crippen LogP contribution is -2.27. The first-order valence-corrected chi connectivity index (χ1v) is 5.49. The fraction of sp³-hybridized carbons (Fsp3) is 0.667. The van der Waals surface area contributed by atoms with Gasteiger partial charge in [-0.1, -0.05) is 44.4 Å². The molecule has 0 heterocycles. The Balaban J connectivity index is 2.29. The number of rotatable bonds is 5. The Bertz CT molecular complexity index is 218. The third kappa shape index (κ3) is 3.28. The number of hydrogen-bond donors (Lipinski definition) is 2. The highest BCUT2D eigenvalue weighted by molar-refractivity contribution is 5.25. The van der Waals surface area contributed by atoms with Crippen LogP contribution in [0.25, 0.3) is 0 Å². The normalized spacial score (nSPS) is 26.4. The van der Waals surface area contributed by atoms with Crippen LogP contribution in [0.15, 0.2) is 23.8 Å². The molecule has 0 unspecified atom stereocenters. The van der Waals surface area contributed by atoms with Crippen molar-refractivity contribution in [1.82, 2.24) is 0 Å². The Kier molecular flexibility index (Phi) is 4.91. The van der Waals surface area contributed by atoms with E-state index < -0.39 is 12.2 Å². The van der Waals surface area contributed by atoms with E-state index in [9.17, 15) is 10.2 Å². The molecule has 0 aromatic rings. The molecular weight excluding hydrogens is 176 g/mol.